The van der Waals surface area contributed by atoms with Crippen LogP contribution >= 0.6 is 0 Å². The molecule has 1 amide bonds. The summed E-state index contributed by atoms with van der Waals surface area (Å²) < 4.78 is 5.74. The van der Waals surface area contributed by atoms with Crippen LogP contribution < -0.4 is 5.43 Å². The molecule has 2 N–H and O–H groups in total. The summed E-state index contributed by atoms with van der Waals surface area (Å²) in [5, 5.41) is 5.36. The minimum absolute atomic E-state index is 0.137. The van der Waals surface area contributed by atoms with Gasteiger partial charge in [0.1, 0.15) is 11.5 Å². The average molecular weight is 351 g/mol. The number of aryl methyl sites for hydroxylation is 1. The smallest absolute Gasteiger partial charge is 0.245 e. The highest BCUT2D eigenvalue weighted by molar-refractivity contribution is 5.87. The van der Waals surface area contributed by atoms with E-state index in [4.69, 9.17) is 4.42 Å². The summed E-state index contributed by atoms with van der Waals surface area (Å²) in [6, 6.07) is 13.9. The molecule has 0 spiro atoms. The van der Waals surface area contributed by atoms with Gasteiger partial charge in [0.2, 0.25) is 5.91 Å². The van der Waals surface area contributed by atoms with Crippen molar-refractivity contribution in [2.75, 3.05) is 0 Å². The lowest BCUT2D eigenvalue weighted by Crippen LogP contribution is -2.24. The second-order valence-electron chi connectivity index (χ2n) is 7.41. The van der Waals surface area contributed by atoms with Crippen molar-refractivity contribution >= 4 is 22.5 Å². The number of hydrogen-bond acceptors (Lipinski definition) is 3. The first-order valence-electron chi connectivity index (χ1n) is 8.79. The number of benzene rings is 1. The number of rotatable bonds is 6. The molecule has 0 radical (unpaired) electrons. The van der Waals surface area contributed by atoms with E-state index in [1.54, 1.807) is 0 Å². The Hall–Kier alpha value is -2.82. The molecule has 0 unspecified atom stereocenters. The Morgan fingerprint density at radius 1 is 1.23 bits per heavy atom. The molecule has 5 heteroatoms. The molecule has 5 nitrogen and oxygen atoms in total. The summed E-state index contributed by atoms with van der Waals surface area (Å²) in [7, 11) is 0. The maximum absolute atomic E-state index is 12.2. The van der Waals surface area contributed by atoms with Gasteiger partial charge in [-0.15, -0.1) is 0 Å². The Morgan fingerprint density at radius 2 is 2.00 bits per heavy atom. The lowest BCUT2D eigenvalue weighted by atomic mass is 9.85. The Morgan fingerprint density at radius 3 is 2.69 bits per heavy atom. The molecule has 0 aliphatic heterocycles. The van der Waals surface area contributed by atoms with E-state index in [-0.39, 0.29) is 17.7 Å². The molecule has 2 heterocycles. The third-order valence-corrected chi connectivity index (χ3v) is 4.41. The third-order valence-electron chi connectivity index (χ3n) is 4.41. The summed E-state index contributed by atoms with van der Waals surface area (Å²) in [6.45, 7) is 8.07. The largest absolute Gasteiger partial charge is 0.466 e. The number of hydrogen-bond donors (Lipinski definition) is 2. The zero-order valence-corrected chi connectivity index (χ0v) is 15.7. The number of nitrogens with one attached hydrogen (secondary N) is 2. The van der Waals surface area contributed by atoms with Gasteiger partial charge >= 0.3 is 0 Å². The van der Waals surface area contributed by atoms with Crippen LogP contribution in [-0.4, -0.2) is 16.6 Å². The van der Waals surface area contributed by atoms with Crippen molar-refractivity contribution in [3.05, 3.63) is 59.7 Å². The van der Waals surface area contributed by atoms with E-state index in [1.165, 1.54) is 0 Å². The van der Waals surface area contributed by atoms with Gasteiger partial charge in [0.25, 0.3) is 0 Å². The van der Waals surface area contributed by atoms with E-state index in [2.05, 4.69) is 29.4 Å². The average Bonchev–Trinajstić information content (AvgIpc) is 3.18. The van der Waals surface area contributed by atoms with Gasteiger partial charge in [-0.2, -0.15) is 5.10 Å². The van der Waals surface area contributed by atoms with Crippen LogP contribution in [0.25, 0.3) is 10.9 Å². The van der Waals surface area contributed by atoms with Crippen molar-refractivity contribution < 1.29 is 9.21 Å². The van der Waals surface area contributed by atoms with Gasteiger partial charge in [-0.3, -0.25) is 4.79 Å². The number of para-hydroxylation sites is 1. The predicted molar refractivity (Wildman–Crippen MR) is 104 cm³/mol. The maximum Gasteiger partial charge on any atom is 0.245 e. The Kier molecular flexibility index (Phi) is 4.98. The van der Waals surface area contributed by atoms with Gasteiger partial charge in [-0.25, -0.2) is 5.43 Å². The minimum atomic E-state index is -0.177. The van der Waals surface area contributed by atoms with Crippen molar-refractivity contribution in [2.24, 2.45) is 5.10 Å². The van der Waals surface area contributed by atoms with Crippen LogP contribution in [-0.2, 0) is 16.6 Å². The zero-order chi connectivity index (χ0) is 18.7. The normalized spacial score (nSPS) is 12.5. The molecule has 2 aromatic heterocycles. The highest BCUT2D eigenvalue weighted by Gasteiger charge is 2.25. The molecular formula is C21H25N3O2. The lowest BCUT2D eigenvalue weighted by molar-refractivity contribution is -0.120. The number of furan rings is 1. The minimum Gasteiger partial charge on any atom is -0.466 e. The van der Waals surface area contributed by atoms with E-state index < -0.39 is 0 Å². The molecule has 0 bridgehead atoms. The Balaban J connectivity index is 1.58. The van der Waals surface area contributed by atoms with Crippen LogP contribution in [0.5, 0.6) is 0 Å². The zero-order valence-electron chi connectivity index (χ0n) is 15.7. The number of carbonyl (C=O) groups excluding carboxylic acids is 1. The first kappa shape index (κ1) is 18.0. The van der Waals surface area contributed by atoms with Gasteiger partial charge in [0.05, 0.1) is 6.42 Å². The van der Waals surface area contributed by atoms with E-state index in [0.717, 1.165) is 33.8 Å². The Labute approximate surface area is 153 Å². The second-order valence-corrected chi connectivity index (χ2v) is 7.41. The maximum atomic E-state index is 12.2. The number of fused-ring (bicyclic) bond motifs is 1. The Bertz CT molecular complexity index is 914. The monoisotopic (exact) mass is 351 g/mol. The molecule has 3 rings (SSSR count). The van der Waals surface area contributed by atoms with Crippen LogP contribution in [0, 0.1) is 6.92 Å². The summed E-state index contributed by atoms with van der Waals surface area (Å²) in [4.78, 5) is 15.4. The topological polar surface area (TPSA) is 70.4 Å². The number of aromatic nitrogens is 1. The van der Waals surface area contributed by atoms with Crippen molar-refractivity contribution in [3.63, 3.8) is 0 Å². The fourth-order valence-corrected chi connectivity index (χ4v) is 3.16. The van der Waals surface area contributed by atoms with E-state index in [0.29, 0.717) is 6.42 Å². The number of hydrazone groups is 1. The van der Waals surface area contributed by atoms with E-state index >= 15 is 0 Å². The van der Waals surface area contributed by atoms with Gasteiger partial charge in [-0.05, 0) is 49.9 Å². The van der Waals surface area contributed by atoms with Crippen LogP contribution in [0.3, 0.4) is 0 Å². The molecule has 136 valence electrons. The van der Waals surface area contributed by atoms with Crippen LogP contribution in [0.4, 0.5) is 0 Å². The van der Waals surface area contributed by atoms with Gasteiger partial charge in [0, 0.05) is 22.3 Å². The third kappa shape index (κ3) is 4.23. The van der Waals surface area contributed by atoms with Gasteiger partial charge in [-0.1, -0.05) is 32.0 Å². The number of aromatic amines is 1. The highest BCUT2D eigenvalue weighted by Crippen LogP contribution is 2.29. The predicted octanol–water partition coefficient (Wildman–Crippen LogP) is 4.47. The highest BCUT2D eigenvalue weighted by atomic mass is 16.3. The number of H-pyrrole nitrogens is 1. The van der Waals surface area contributed by atoms with Gasteiger partial charge in [0.15, 0.2) is 0 Å². The van der Waals surface area contributed by atoms with Crippen LogP contribution in [0.2, 0.25) is 0 Å². The standard InChI is InChI=1S/C21H25N3O2/c1-14(13-21(3,4)19-10-9-15(2)26-19)23-24-20(25)12-17-11-16-7-5-6-8-18(16)22-17/h5-11,22H,12-13H2,1-4H3,(H,24,25). The molecule has 0 saturated heterocycles. The summed E-state index contributed by atoms with van der Waals surface area (Å²) in [5.74, 6) is 1.69. The van der Waals surface area contributed by atoms with E-state index in [9.17, 15) is 4.79 Å². The van der Waals surface area contributed by atoms with Crippen molar-refractivity contribution in [1.82, 2.24) is 10.4 Å². The van der Waals surface area contributed by atoms with Crippen molar-refractivity contribution in [3.8, 4) is 0 Å². The second kappa shape index (κ2) is 7.20. The number of carbonyl (C=O) groups is 1. The van der Waals surface area contributed by atoms with Crippen molar-refractivity contribution in [2.45, 2.75) is 46.0 Å². The fourth-order valence-electron chi connectivity index (χ4n) is 3.16. The molecule has 0 saturated carbocycles. The van der Waals surface area contributed by atoms with E-state index in [1.807, 2.05) is 56.3 Å². The number of amides is 1. The molecule has 1 aromatic carbocycles. The van der Waals surface area contributed by atoms with Crippen LogP contribution in [0.1, 0.15) is 44.4 Å². The van der Waals surface area contributed by atoms with Gasteiger partial charge < -0.3 is 9.40 Å². The first-order chi connectivity index (χ1) is 12.3. The molecule has 0 aliphatic rings. The first-order valence-corrected chi connectivity index (χ1v) is 8.79. The molecule has 0 atom stereocenters. The molecular weight excluding hydrogens is 326 g/mol. The summed E-state index contributed by atoms with van der Waals surface area (Å²) >= 11 is 0. The van der Waals surface area contributed by atoms with Crippen molar-refractivity contribution in [1.29, 1.82) is 0 Å². The molecule has 3 aromatic rings. The van der Waals surface area contributed by atoms with Crippen LogP contribution in [0.15, 0.2) is 52.0 Å². The molecule has 0 fully saturated rings. The molecule has 26 heavy (non-hydrogen) atoms. The number of nitrogens with zero attached hydrogens (tertiary/aromatic N) is 1. The fraction of sp³-hybridized carbons (Fsp3) is 0.333. The molecule has 0 aliphatic carbocycles. The SMILES string of the molecule is CC(CC(C)(C)c1ccc(C)o1)=NNC(=O)Cc1cc2ccccc2[nH]1. The quantitative estimate of drug-likeness (QED) is 0.508. The lowest BCUT2D eigenvalue weighted by Gasteiger charge is -2.21. The summed E-state index contributed by atoms with van der Waals surface area (Å²) in [5.41, 5.74) is 5.24. The summed E-state index contributed by atoms with van der Waals surface area (Å²) in [6.07, 6.45) is 0.971.